The summed E-state index contributed by atoms with van der Waals surface area (Å²) in [6, 6.07) is 18.8. The highest BCUT2D eigenvalue weighted by Crippen LogP contribution is 2.33. The number of fused-ring (bicyclic) bond motifs is 1. The molecule has 1 unspecified atom stereocenters. The first kappa shape index (κ1) is 24.7. The number of alkyl halides is 3. The number of pyridine rings is 1. The van der Waals surface area contributed by atoms with Crippen molar-refractivity contribution in [3.05, 3.63) is 95.9 Å². The van der Waals surface area contributed by atoms with Crippen LogP contribution in [0.4, 0.5) is 18.9 Å². The summed E-state index contributed by atoms with van der Waals surface area (Å²) in [4.78, 5) is 21.7. The number of piperazine rings is 1. The van der Waals surface area contributed by atoms with Crippen molar-refractivity contribution >= 4 is 17.2 Å². The van der Waals surface area contributed by atoms with Gasteiger partial charge in [-0.1, -0.05) is 24.3 Å². The quantitative estimate of drug-likeness (QED) is 0.358. The number of rotatable bonds is 6. The molecule has 2 aromatic heterocycles. The van der Waals surface area contributed by atoms with Crippen molar-refractivity contribution in [1.29, 1.82) is 0 Å². The Kier molecular flexibility index (Phi) is 6.78. The van der Waals surface area contributed by atoms with Gasteiger partial charge in [-0.25, -0.2) is 4.98 Å². The molecule has 0 aliphatic carbocycles. The molecular weight excluding hydrogens is 481 g/mol. The number of ether oxygens (including phenoxy) is 1. The van der Waals surface area contributed by atoms with Gasteiger partial charge < -0.3 is 18.9 Å². The molecule has 1 saturated heterocycles. The Bertz CT molecular complexity index is 1390. The van der Waals surface area contributed by atoms with Gasteiger partial charge >= 0.3 is 6.18 Å². The number of halogens is 3. The first-order valence-electron chi connectivity index (χ1n) is 12.1. The van der Waals surface area contributed by atoms with Crippen molar-refractivity contribution in [1.82, 2.24) is 14.3 Å². The number of hydrogen-bond acceptors (Lipinski definition) is 4. The average Bonchev–Trinajstić information content (AvgIpc) is 3.35. The maximum Gasteiger partial charge on any atom is 0.416 e. The Balaban J connectivity index is 1.34. The average molecular weight is 509 g/mol. The summed E-state index contributed by atoms with van der Waals surface area (Å²) in [5, 5.41) is 0. The normalized spacial score (nSPS) is 15.1. The molecule has 9 heteroatoms. The maximum absolute atomic E-state index is 13.5. The zero-order chi connectivity index (χ0) is 26.0. The van der Waals surface area contributed by atoms with E-state index in [9.17, 15) is 18.0 Å². The lowest BCUT2D eigenvalue weighted by atomic mass is 9.91. The van der Waals surface area contributed by atoms with Crippen LogP contribution in [0.25, 0.3) is 5.65 Å². The van der Waals surface area contributed by atoms with E-state index in [-0.39, 0.29) is 18.2 Å². The number of nitrogens with zero attached hydrogens (tertiary/aromatic N) is 4. The van der Waals surface area contributed by atoms with Gasteiger partial charge in [0.15, 0.2) is 0 Å². The summed E-state index contributed by atoms with van der Waals surface area (Å²) < 4.78 is 46.8. The minimum absolute atomic E-state index is 0.0117. The fourth-order valence-electron chi connectivity index (χ4n) is 4.86. The summed E-state index contributed by atoms with van der Waals surface area (Å²) in [5.41, 5.74) is 2.49. The molecule has 192 valence electrons. The van der Waals surface area contributed by atoms with Crippen molar-refractivity contribution in [3.8, 4) is 5.75 Å². The number of aromatic nitrogens is 2. The SMILES string of the molecule is COc1cccc(C(CC(=O)N2CCN(c3cccc(C(F)(F)F)c3)CC2)c2cnc3ccccn23)c1. The van der Waals surface area contributed by atoms with Crippen molar-refractivity contribution in [2.45, 2.75) is 18.5 Å². The van der Waals surface area contributed by atoms with Crippen molar-refractivity contribution < 1.29 is 22.7 Å². The van der Waals surface area contributed by atoms with Gasteiger partial charge in [-0.05, 0) is 48.0 Å². The van der Waals surface area contributed by atoms with Crippen LogP contribution in [0.3, 0.4) is 0 Å². The van der Waals surface area contributed by atoms with Gasteiger partial charge in [-0.3, -0.25) is 4.79 Å². The van der Waals surface area contributed by atoms with Gasteiger partial charge in [0.2, 0.25) is 5.91 Å². The van der Waals surface area contributed by atoms with Gasteiger partial charge in [0.1, 0.15) is 11.4 Å². The third-order valence-electron chi connectivity index (χ3n) is 6.85. The zero-order valence-electron chi connectivity index (χ0n) is 20.4. The summed E-state index contributed by atoms with van der Waals surface area (Å²) in [7, 11) is 1.61. The predicted molar refractivity (Wildman–Crippen MR) is 135 cm³/mol. The molecule has 4 aromatic rings. The molecule has 5 rings (SSSR count). The molecule has 1 aliphatic rings. The van der Waals surface area contributed by atoms with Gasteiger partial charge in [0, 0.05) is 56.6 Å². The highest BCUT2D eigenvalue weighted by Gasteiger charge is 2.32. The highest BCUT2D eigenvalue weighted by atomic mass is 19.4. The lowest BCUT2D eigenvalue weighted by Gasteiger charge is -2.37. The molecule has 0 N–H and O–H groups in total. The first-order valence-corrected chi connectivity index (χ1v) is 12.1. The molecule has 0 bridgehead atoms. The van der Waals surface area contributed by atoms with Gasteiger partial charge in [0.05, 0.1) is 18.4 Å². The molecule has 1 atom stereocenters. The predicted octanol–water partition coefficient (Wildman–Crippen LogP) is 5.23. The Labute approximate surface area is 212 Å². The molecular formula is C28H27F3N4O2. The molecule has 37 heavy (non-hydrogen) atoms. The Hall–Kier alpha value is -4.01. The number of hydrogen-bond donors (Lipinski definition) is 0. The summed E-state index contributed by atoms with van der Waals surface area (Å²) in [5.74, 6) is 0.447. The molecule has 0 spiro atoms. The van der Waals surface area contributed by atoms with Gasteiger partial charge in [0.25, 0.3) is 0 Å². The van der Waals surface area contributed by atoms with Crippen LogP contribution in [-0.2, 0) is 11.0 Å². The third-order valence-corrected chi connectivity index (χ3v) is 6.85. The second kappa shape index (κ2) is 10.2. The minimum atomic E-state index is -4.39. The molecule has 1 aliphatic heterocycles. The van der Waals surface area contributed by atoms with E-state index in [2.05, 4.69) is 4.98 Å². The van der Waals surface area contributed by atoms with Crippen LogP contribution < -0.4 is 9.64 Å². The summed E-state index contributed by atoms with van der Waals surface area (Å²) >= 11 is 0. The van der Waals surface area contributed by atoms with Crippen LogP contribution in [0.5, 0.6) is 5.75 Å². The molecule has 0 radical (unpaired) electrons. The Morgan fingerprint density at radius 3 is 2.54 bits per heavy atom. The van der Waals surface area contributed by atoms with Crippen LogP contribution in [-0.4, -0.2) is 53.5 Å². The standard InChI is InChI=1S/C28H27F3N4O2/c1-37-23-9-4-6-20(16-23)24(25-19-32-26-10-2-3-11-35(25)26)18-27(36)34-14-12-33(13-15-34)22-8-5-7-21(17-22)28(29,30)31/h2-11,16-17,19,24H,12-15,18H2,1H3. The number of methoxy groups -OCH3 is 1. The molecule has 3 heterocycles. The molecule has 2 aromatic carbocycles. The maximum atomic E-state index is 13.5. The summed E-state index contributed by atoms with van der Waals surface area (Å²) in [6.07, 6.45) is -0.415. The number of amides is 1. The lowest BCUT2D eigenvalue weighted by Crippen LogP contribution is -2.49. The number of carbonyl (C=O) groups excluding carboxylic acids is 1. The lowest BCUT2D eigenvalue weighted by molar-refractivity contribution is -0.137. The highest BCUT2D eigenvalue weighted by molar-refractivity contribution is 5.78. The fourth-order valence-corrected chi connectivity index (χ4v) is 4.86. The van der Waals surface area contributed by atoms with Crippen molar-refractivity contribution in [3.63, 3.8) is 0 Å². The van der Waals surface area contributed by atoms with E-state index < -0.39 is 11.7 Å². The van der Waals surface area contributed by atoms with E-state index in [0.29, 0.717) is 37.6 Å². The monoisotopic (exact) mass is 508 g/mol. The van der Waals surface area contributed by atoms with Crippen LogP contribution in [0, 0.1) is 0 Å². The van der Waals surface area contributed by atoms with Crippen LogP contribution >= 0.6 is 0 Å². The second-order valence-electron chi connectivity index (χ2n) is 9.06. The summed E-state index contributed by atoms with van der Waals surface area (Å²) in [6.45, 7) is 1.80. The smallest absolute Gasteiger partial charge is 0.416 e. The van der Waals surface area contributed by atoms with E-state index in [0.717, 1.165) is 23.0 Å². The van der Waals surface area contributed by atoms with E-state index in [4.69, 9.17) is 4.74 Å². The third kappa shape index (κ3) is 5.26. The topological polar surface area (TPSA) is 50.1 Å². The molecule has 6 nitrogen and oxygen atoms in total. The van der Waals surface area contributed by atoms with E-state index >= 15 is 0 Å². The first-order chi connectivity index (χ1) is 17.8. The minimum Gasteiger partial charge on any atom is -0.497 e. The fraction of sp³-hybridized carbons (Fsp3) is 0.286. The number of benzene rings is 2. The van der Waals surface area contributed by atoms with E-state index in [1.54, 1.807) is 24.3 Å². The van der Waals surface area contributed by atoms with Crippen LogP contribution in [0.1, 0.15) is 29.2 Å². The number of anilines is 1. The van der Waals surface area contributed by atoms with Gasteiger partial charge in [-0.15, -0.1) is 0 Å². The zero-order valence-corrected chi connectivity index (χ0v) is 20.4. The number of imidazole rings is 1. The second-order valence-corrected chi connectivity index (χ2v) is 9.06. The van der Waals surface area contributed by atoms with E-state index in [1.807, 2.05) is 58.0 Å². The molecule has 1 amide bonds. The molecule has 0 saturated carbocycles. The Morgan fingerprint density at radius 2 is 1.78 bits per heavy atom. The Morgan fingerprint density at radius 1 is 1.00 bits per heavy atom. The van der Waals surface area contributed by atoms with E-state index in [1.165, 1.54) is 12.1 Å². The van der Waals surface area contributed by atoms with Crippen molar-refractivity contribution in [2.75, 3.05) is 38.2 Å². The largest absolute Gasteiger partial charge is 0.497 e. The van der Waals surface area contributed by atoms with Crippen LogP contribution in [0.2, 0.25) is 0 Å². The number of carbonyl (C=O) groups is 1. The van der Waals surface area contributed by atoms with Gasteiger partial charge in [-0.2, -0.15) is 13.2 Å². The molecule has 1 fully saturated rings. The van der Waals surface area contributed by atoms with Crippen molar-refractivity contribution in [2.24, 2.45) is 0 Å². The van der Waals surface area contributed by atoms with Crippen LogP contribution in [0.15, 0.2) is 79.1 Å².